The molecular weight excluding hydrogens is 102 g/mol. The summed E-state index contributed by atoms with van der Waals surface area (Å²) < 4.78 is 5.22. The number of hydrogen-bond donors (Lipinski definition) is 0. The zero-order chi connectivity index (χ0) is 5.98. The van der Waals surface area contributed by atoms with Gasteiger partial charge in [0.15, 0.2) is 0 Å². The summed E-state index contributed by atoms with van der Waals surface area (Å²) in [7, 11) is 2.03. The molecule has 1 atom stereocenters. The van der Waals surface area contributed by atoms with Crippen LogP contribution in [0, 0.1) is 0 Å². The average Bonchev–Trinajstić information content (AvgIpc) is 2.14. The quantitative estimate of drug-likeness (QED) is 0.458. The molecule has 2 nitrogen and oxygen atoms in total. The van der Waals surface area contributed by atoms with Crippen LogP contribution in [0.15, 0.2) is 12.7 Å². The average molecular weight is 113 g/mol. The molecule has 1 unspecified atom stereocenters. The molecule has 46 valence electrons. The Labute approximate surface area is 49.7 Å². The van der Waals surface area contributed by atoms with E-state index in [2.05, 4.69) is 11.5 Å². The first-order chi connectivity index (χ1) is 3.84. The smallest absolute Gasteiger partial charge is 0.129 e. The molecule has 0 spiro atoms. The van der Waals surface area contributed by atoms with Crippen molar-refractivity contribution >= 4 is 0 Å². The van der Waals surface area contributed by atoms with Gasteiger partial charge in [0.1, 0.15) is 6.23 Å². The molecule has 1 rings (SSSR count). The number of nitrogens with zero attached hydrogens (tertiary/aromatic N) is 1. The summed E-state index contributed by atoms with van der Waals surface area (Å²) in [4.78, 5) is 2.12. The molecular formula is C6H11NO. The van der Waals surface area contributed by atoms with Gasteiger partial charge in [0.2, 0.25) is 0 Å². The fourth-order valence-electron chi connectivity index (χ4n) is 0.820. The molecule has 0 aromatic heterocycles. The van der Waals surface area contributed by atoms with Crippen LogP contribution in [0.25, 0.3) is 0 Å². The van der Waals surface area contributed by atoms with Crippen LogP contribution in [0.1, 0.15) is 0 Å². The lowest BCUT2D eigenvalue weighted by Gasteiger charge is -2.11. The molecule has 1 aliphatic heterocycles. The Hall–Kier alpha value is -0.340. The van der Waals surface area contributed by atoms with Gasteiger partial charge in [-0.1, -0.05) is 6.58 Å². The summed E-state index contributed by atoms with van der Waals surface area (Å²) in [6.07, 6.45) is 1.97. The summed E-state index contributed by atoms with van der Waals surface area (Å²) in [5, 5.41) is 0. The lowest BCUT2D eigenvalue weighted by molar-refractivity contribution is 0.0869. The second-order valence-electron chi connectivity index (χ2n) is 1.98. The summed E-state index contributed by atoms with van der Waals surface area (Å²) in [6.45, 7) is 5.49. The van der Waals surface area contributed by atoms with Crippen LogP contribution in [-0.4, -0.2) is 31.3 Å². The first kappa shape index (κ1) is 5.79. The molecule has 1 aliphatic rings. The molecule has 0 aromatic rings. The van der Waals surface area contributed by atoms with Crippen molar-refractivity contribution in [2.45, 2.75) is 6.23 Å². The Balaban J connectivity index is 2.41. The summed E-state index contributed by atoms with van der Waals surface area (Å²) in [5.74, 6) is 0. The van der Waals surface area contributed by atoms with E-state index in [-0.39, 0.29) is 6.23 Å². The summed E-state index contributed by atoms with van der Waals surface area (Å²) in [6, 6.07) is 0. The van der Waals surface area contributed by atoms with Gasteiger partial charge in [0, 0.05) is 6.54 Å². The molecule has 0 N–H and O–H groups in total. The van der Waals surface area contributed by atoms with Gasteiger partial charge in [-0.3, -0.25) is 4.90 Å². The number of hydrogen-bond acceptors (Lipinski definition) is 2. The van der Waals surface area contributed by atoms with E-state index in [1.807, 2.05) is 13.1 Å². The maximum Gasteiger partial charge on any atom is 0.129 e. The molecule has 0 saturated carbocycles. The second-order valence-corrected chi connectivity index (χ2v) is 1.98. The van der Waals surface area contributed by atoms with E-state index in [0.717, 1.165) is 13.2 Å². The van der Waals surface area contributed by atoms with Crippen LogP contribution < -0.4 is 0 Å². The monoisotopic (exact) mass is 113 g/mol. The van der Waals surface area contributed by atoms with Gasteiger partial charge in [-0.15, -0.1) is 0 Å². The normalized spacial score (nSPS) is 30.9. The molecule has 0 bridgehead atoms. The van der Waals surface area contributed by atoms with Crippen molar-refractivity contribution in [3.05, 3.63) is 12.7 Å². The van der Waals surface area contributed by atoms with E-state index in [1.165, 1.54) is 0 Å². The van der Waals surface area contributed by atoms with E-state index in [0.29, 0.717) is 0 Å². The molecule has 0 aliphatic carbocycles. The van der Waals surface area contributed by atoms with Crippen LogP contribution in [0.4, 0.5) is 0 Å². The van der Waals surface area contributed by atoms with Gasteiger partial charge < -0.3 is 4.74 Å². The third kappa shape index (κ3) is 0.904. The van der Waals surface area contributed by atoms with E-state index in [1.54, 1.807) is 0 Å². The SMILES string of the molecule is C=CC1OCCN1C. The number of likely N-dealkylation sites (N-methyl/N-ethyl adjacent to an activating group) is 1. The number of ether oxygens (including phenoxy) is 1. The zero-order valence-electron chi connectivity index (χ0n) is 5.13. The van der Waals surface area contributed by atoms with Gasteiger partial charge >= 0.3 is 0 Å². The molecule has 1 saturated heterocycles. The zero-order valence-corrected chi connectivity index (χ0v) is 5.13. The Morgan fingerprint density at radius 1 is 1.88 bits per heavy atom. The van der Waals surface area contributed by atoms with E-state index < -0.39 is 0 Å². The summed E-state index contributed by atoms with van der Waals surface area (Å²) >= 11 is 0. The highest BCUT2D eigenvalue weighted by atomic mass is 16.5. The third-order valence-corrected chi connectivity index (χ3v) is 1.37. The van der Waals surface area contributed by atoms with Gasteiger partial charge in [0.05, 0.1) is 6.61 Å². The van der Waals surface area contributed by atoms with Crippen LogP contribution in [0.5, 0.6) is 0 Å². The van der Waals surface area contributed by atoms with Gasteiger partial charge in [0.25, 0.3) is 0 Å². The first-order valence-corrected chi connectivity index (χ1v) is 2.79. The van der Waals surface area contributed by atoms with E-state index >= 15 is 0 Å². The Morgan fingerprint density at radius 3 is 2.88 bits per heavy atom. The van der Waals surface area contributed by atoms with Gasteiger partial charge in [-0.25, -0.2) is 0 Å². The Morgan fingerprint density at radius 2 is 2.62 bits per heavy atom. The molecule has 0 amide bonds. The van der Waals surface area contributed by atoms with Gasteiger partial charge in [-0.05, 0) is 13.1 Å². The van der Waals surface area contributed by atoms with Crippen molar-refractivity contribution in [1.29, 1.82) is 0 Å². The van der Waals surface area contributed by atoms with E-state index in [4.69, 9.17) is 4.74 Å². The molecule has 2 heteroatoms. The number of rotatable bonds is 1. The predicted molar refractivity (Wildman–Crippen MR) is 32.6 cm³/mol. The topological polar surface area (TPSA) is 12.5 Å². The standard InChI is InChI=1S/C6H11NO/c1-3-6-7(2)4-5-8-6/h3,6H,1,4-5H2,2H3. The van der Waals surface area contributed by atoms with Crippen molar-refractivity contribution in [2.75, 3.05) is 20.2 Å². The van der Waals surface area contributed by atoms with Crippen LogP contribution in [0.2, 0.25) is 0 Å². The highest BCUT2D eigenvalue weighted by Crippen LogP contribution is 2.05. The highest BCUT2D eigenvalue weighted by molar-refractivity contribution is 4.82. The van der Waals surface area contributed by atoms with E-state index in [9.17, 15) is 0 Å². The fraction of sp³-hybridized carbons (Fsp3) is 0.667. The molecule has 8 heavy (non-hydrogen) atoms. The van der Waals surface area contributed by atoms with Crippen molar-refractivity contribution < 1.29 is 4.74 Å². The minimum Gasteiger partial charge on any atom is -0.358 e. The van der Waals surface area contributed by atoms with Crippen molar-refractivity contribution in [3.63, 3.8) is 0 Å². The fourth-order valence-corrected chi connectivity index (χ4v) is 0.820. The molecule has 0 aromatic carbocycles. The van der Waals surface area contributed by atoms with Crippen LogP contribution >= 0.6 is 0 Å². The second kappa shape index (κ2) is 2.29. The summed E-state index contributed by atoms with van der Waals surface area (Å²) in [5.41, 5.74) is 0. The lowest BCUT2D eigenvalue weighted by atomic mass is 10.5. The van der Waals surface area contributed by atoms with Crippen molar-refractivity contribution in [3.8, 4) is 0 Å². The Bertz CT molecular complexity index is 92.5. The van der Waals surface area contributed by atoms with Gasteiger partial charge in [-0.2, -0.15) is 0 Å². The van der Waals surface area contributed by atoms with Crippen LogP contribution in [-0.2, 0) is 4.74 Å². The minimum atomic E-state index is 0.162. The predicted octanol–water partition coefficient (Wildman–Crippen LogP) is 0.461. The van der Waals surface area contributed by atoms with Crippen molar-refractivity contribution in [1.82, 2.24) is 4.90 Å². The molecule has 1 heterocycles. The first-order valence-electron chi connectivity index (χ1n) is 2.79. The Kier molecular flexibility index (Phi) is 1.65. The maximum absolute atomic E-state index is 5.22. The minimum absolute atomic E-state index is 0.162. The van der Waals surface area contributed by atoms with Crippen molar-refractivity contribution in [2.24, 2.45) is 0 Å². The maximum atomic E-state index is 5.22. The largest absolute Gasteiger partial charge is 0.358 e. The molecule has 0 radical (unpaired) electrons. The third-order valence-electron chi connectivity index (χ3n) is 1.37. The lowest BCUT2D eigenvalue weighted by Crippen LogP contribution is -2.22. The molecule has 1 fully saturated rings. The highest BCUT2D eigenvalue weighted by Gasteiger charge is 2.16. The van der Waals surface area contributed by atoms with Crippen LogP contribution in [0.3, 0.4) is 0 Å².